The average molecular weight is 326 g/mol. The predicted molar refractivity (Wildman–Crippen MR) is 93.2 cm³/mol. The molecule has 0 saturated heterocycles. The molecule has 0 bridgehead atoms. The van der Waals surface area contributed by atoms with E-state index in [9.17, 15) is 0 Å². The number of hydrogen-bond acceptors (Lipinski definition) is 3. The van der Waals surface area contributed by atoms with E-state index in [1.54, 1.807) is 20.4 Å². The standard InChI is InChI=1S/C19H16ClNO2/c1-22-16-7-3-13(4-8-16)18-11-15(20)12-21-19(18)14-5-9-17(23-2)10-6-14/h3-12H,1-2H3. The molecular weight excluding hydrogens is 310 g/mol. The lowest BCUT2D eigenvalue weighted by molar-refractivity contribution is 0.414. The Morgan fingerprint density at radius 2 is 1.30 bits per heavy atom. The van der Waals surface area contributed by atoms with Crippen LogP contribution in [-0.4, -0.2) is 19.2 Å². The maximum absolute atomic E-state index is 6.15. The van der Waals surface area contributed by atoms with Crippen molar-refractivity contribution in [3.05, 3.63) is 65.8 Å². The molecule has 0 saturated carbocycles. The van der Waals surface area contributed by atoms with Crippen LogP contribution in [0, 0.1) is 0 Å². The highest BCUT2D eigenvalue weighted by atomic mass is 35.5. The average Bonchev–Trinajstić information content (AvgIpc) is 2.62. The molecule has 0 N–H and O–H groups in total. The molecule has 0 spiro atoms. The molecule has 2 aromatic carbocycles. The second-order valence-corrected chi connectivity index (χ2v) is 5.44. The van der Waals surface area contributed by atoms with Crippen LogP contribution in [0.1, 0.15) is 0 Å². The first-order chi connectivity index (χ1) is 11.2. The van der Waals surface area contributed by atoms with Crippen LogP contribution in [0.3, 0.4) is 0 Å². The van der Waals surface area contributed by atoms with Gasteiger partial charge in [-0.2, -0.15) is 0 Å². The Balaban J connectivity index is 2.09. The summed E-state index contributed by atoms with van der Waals surface area (Å²) in [7, 11) is 3.30. The molecule has 116 valence electrons. The summed E-state index contributed by atoms with van der Waals surface area (Å²) in [6.07, 6.45) is 1.66. The zero-order valence-electron chi connectivity index (χ0n) is 12.9. The lowest BCUT2D eigenvalue weighted by atomic mass is 9.99. The summed E-state index contributed by atoms with van der Waals surface area (Å²) in [4.78, 5) is 4.52. The molecule has 0 amide bonds. The lowest BCUT2D eigenvalue weighted by Gasteiger charge is -2.11. The Morgan fingerprint density at radius 1 is 0.783 bits per heavy atom. The number of pyridine rings is 1. The molecule has 0 aliphatic heterocycles. The van der Waals surface area contributed by atoms with Gasteiger partial charge in [0.05, 0.1) is 24.9 Å². The number of aromatic nitrogens is 1. The number of nitrogens with zero attached hydrogens (tertiary/aromatic N) is 1. The van der Waals surface area contributed by atoms with Crippen LogP contribution in [-0.2, 0) is 0 Å². The van der Waals surface area contributed by atoms with E-state index in [-0.39, 0.29) is 0 Å². The highest BCUT2D eigenvalue weighted by Crippen LogP contribution is 2.33. The first kappa shape index (κ1) is 15.4. The van der Waals surface area contributed by atoms with Crippen molar-refractivity contribution in [2.24, 2.45) is 0 Å². The number of methoxy groups -OCH3 is 2. The quantitative estimate of drug-likeness (QED) is 0.669. The van der Waals surface area contributed by atoms with Crippen molar-refractivity contribution in [2.75, 3.05) is 14.2 Å². The Hall–Kier alpha value is -2.52. The summed E-state index contributed by atoms with van der Waals surface area (Å²) in [5, 5.41) is 0.605. The minimum atomic E-state index is 0.605. The molecule has 4 heteroatoms. The van der Waals surface area contributed by atoms with Crippen LogP contribution >= 0.6 is 11.6 Å². The predicted octanol–water partition coefficient (Wildman–Crippen LogP) is 5.09. The van der Waals surface area contributed by atoms with Gasteiger partial charge in [-0.05, 0) is 48.0 Å². The smallest absolute Gasteiger partial charge is 0.118 e. The maximum Gasteiger partial charge on any atom is 0.118 e. The Morgan fingerprint density at radius 3 is 1.83 bits per heavy atom. The topological polar surface area (TPSA) is 31.4 Å². The number of rotatable bonds is 4. The largest absolute Gasteiger partial charge is 0.497 e. The van der Waals surface area contributed by atoms with Gasteiger partial charge in [-0.15, -0.1) is 0 Å². The van der Waals surface area contributed by atoms with Crippen molar-refractivity contribution >= 4 is 11.6 Å². The molecule has 3 aromatic rings. The van der Waals surface area contributed by atoms with Crippen molar-refractivity contribution in [3.63, 3.8) is 0 Å². The fourth-order valence-corrected chi connectivity index (χ4v) is 2.57. The fraction of sp³-hybridized carbons (Fsp3) is 0.105. The van der Waals surface area contributed by atoms with Gasteiger partial charge in [0.2, 0.25) is 0 Å². The Labute approximate surface area is 140 Å². The summed E-state index contributed by atoms with van der Waals surface area (Å²) >= 11 is 6.15. The third kappa shape index (κ3) is 3.30. The van der Waals surface area contributed by atoms with Crippen LogP contribution in [0.15, 0.2) is 60.8 Å². The van der Waals surface area contributed by atoms with Crippen molar-refractivity contribution in [1.29, 1.82) is 0 Å². The second kappa shape index (κ2) is 6.71. The van der Waals surface area contributed by atoms with Gasteiger partial charge < -0.3 is 9.47 Å². The van der Waals surface area contributed by atoms with Gasteiger partial charge in [-0.1, -0.05) is 23.7 Å². The summed E-state index contributed by atoms with van der Waals surface area (Å²) < 4.78 is 10.4. The highest BCUT2D eigenvalue weighted by molar-refractivity contribution is 6.30. The van der Waals surface area contributed by atoms with E-state index in [1.807, 2.05) is 54.6 Å². The molecule has 1 heterocycles. The van der Waals surface area contributed by atoms with E-state index in [4.69, 9.17) is 21.1 Å². The molecule has 3 nitrogen and oxygen atoms in total. The van der Waals surface area contributed by atoms with Crippen molar-refractivity contribution in [1.82, 2.24) is 4.98 Å². The summed E-state index contributed by atoms with van der Waals surface area (Å²) in [5.41, 5.74) is 3.90. The minimum Gasteiger partial charge on any atom is -0.497 e. The molecule has 1 aromatic heterocycles. The minimum absolute atomic E-state index is 0.605. The van der Waals surface area contributed by atoms with Gasteiger partial charge in [0.25, 0.3) is 0 Å². The van der Waals surface area contributed by atoms with Crippen LogP contribution in [0.2, 0.25) is 5.02 Å². The normalized spacial score (nSPS) is 10.4. The first-order valence-electron chi connectivity index (χ1n) is 7.15. The molecule has 23 heavy (non-hydrogen) atoms. The van der Waals surface area contributed by atoms with Gasteiger partial charge in [0, 0.05) is 17.3 Å². The van der Waals surface area contributed by atoms with Crippen molar-refractivity contribution in [2.45, 2.75) is 0 Å². The molecule has 0 atom stereocenters. The molecule has 0 aliphatic rings. The zero-order chi connectivity index (χ0) is 16.2. The molecule has 3 rings (SSSR count). The second-order valence-electron chi connectivity index (χ2n) is 5.01. The third-order valence-corrected chi connectivity index (χ3v) is 3.83. The van der Waals surface area contributed by atoms with Crippen LogP contribution in [0.5, 0.6) is 11.5 Å². The molecule has 0 unspecified atom stereocenters. The van der Waals surface area contributed by atoms with Gasteiger partial charge in [0.15, 0.2) is 0 Å². The first-order valence-corrected chi connectivity index (χ1v) is 7.53. The third-order valence-electron chi connectivity index (χ3n) is 3.62. The summed E-state index contributed by atoms with van der Waals surface area (Å²) in [5.74, 6) is 1.63. The molecule has 0 fully saturated rings. The van der Waals surface area contributed by atoms with Crippen LogP contribution < -0.4 is 9.47 Å². The van der Waals surface area contributed by atoms with E-state index in [1.165, 1.54) is 0 Å². The number of halogens is 1. The maximum atomic E-state index is 6.15. The Kier molecular flexibility index (Phi) is 4.49. The van der Waals surface area contributed by atoms with E-state index in [0.717, 1.165) is 33.9 Å². The SMILES string of the molecule is COc1ccc(-c2cc(Cl)cnc2-c2ccc(OC)cc2)cc1. The van der Waals surface area contributed by atoms with E-state index < -0.39 is 0 Å². The van der Waals surface area contributed by atoms with Gasteiger partial charge >= 0.3 is 0 Å². The van der Waals surface area contributed by atoms with E-state index in [0.29, 0.717) is 5.02 Å². The number of ether oxygens (including phenoxy) is 2. The van der Waals surface area contributed by atoms with Gasteiger partial charge in [-0.25, -0.2) is 0 Å². The number of benzene rings is 2. The fourth-order valence-electron chi connectivity index (χ4n) is 2.41. The van der Waals surface area contributed by atoms with Crippen LogP contribution in [0.25, 0.3) is 22.4 Å². The zero-order valence-corrected chi connectivity index (χ0v) is 13.7. The molecule has 0 radical (unpaired) electrons. The lowest BCUT2D eigenvalue weighted by Crippen LogP contribution is -1.91. The Bertz CT molecular complexity index is 799. The van der Waals surface area contributed by atoms with E-state index in [2.05, 4.69) is 4.98 Å². The van der Waals surface area contributed by atoms with Gasteiger partial charge in [-0.3, -0.25) is 4.98 Å². The van der Waals surface area contributed by atoms with Crippen molar-refractivity contribution in [3.8, 4) is 33.9 Å². The molecular formula is C19H16ClNO2. The van der Waals surface area contributed by atoms with E-state index >= 15 is 0 Å². The number of hydrogen-bond donors (Lipinski definition) is 0. The molecule has 0 aliphatic carbocycles. The summed E-state index contributed by atoms with van der Waals surface area (Å²) in [6.45, 7) is 0. The van der Waals surface area contributed by atoms with Crippen molar-refractivity contribution < 1.29 is 9.47 Å². The monoisotopic (exact) mass is 325 g/mol. The highest BCUT2D eigenvalue weighted by Gasteiger charge is 2.10. The van der Waals surface area contributed by atoms with Gasteiger partial charge in [0.1, 0.15) is 11.5 Å². The summed E-state index contributed by atoms with van der Waals surface area (Å²) in [6, 6.07) is 17.6. The van der Waals surface area contributed by atoms with Crippen LogP contribution in [0.4, 0.5) is 0 Å².